The largest absolute Gasteiger partial charge is 0.336 e. The van der Waals surface area contributed by atoms with Crippen LogP contribution in [0.2, 0.25) is 5.02 Å². The molecule has 1 heterocycles. The molecule has 132 valence electrons. The van der Waals surface area contributed by atoms with Crippen LogP contribution in [0.1, 0.15) is 29.3 Å². The number of sulfone groups is 1. The first-order valence-electron chi connectivity index (χ1n) is 8.29. The second kappa shape index (κ2) is 7.18. The van der Waals surface area contributed by atoms with Gasteiger partial charge in [0.1, 0.15) is 5.25 Å². The summed E-state index contributed by atoms with van der Waals surface area (Å²) in [5.74, 6) is -0.120. The second-order valence-corrected chi connectivity index (χ2v) is 8.94. The van der Waals surface area contributed by atoms with Gasteiger partial charge in [0.15, 0.2) is 9.84 Å². The van der Waals surface area contributed by atoms with Gasteiger partial charge in [-0.25, -0.2) is 8.42 Å². The fourth-order valence-corrected chi connectivity index (χ4v) is 4.68. The van der Waals surface area contributed by atoms with Gasteiger partial charge in [-0.05, 0) is 48.4 Å². The predicted octanol–water partition coefficient (Wildman–Crippen LogP) is 3.59. The SMILES string of the molecule is CCCc1ccc(C(=O)N2CC(S(=O)(=O)c3ccc(Cl)cc3)C2)cc1. The normalized spacial score (nSPS) is 15.0. The fraction of sp³-hybridized carbons (Fsp3) is 0.316. The zero-order valence-electron chi connectivity index (χ0n) is 14.0. The molecule has 1 amide bonds. The van der Waals surface area contributed by atoms with Crippen molar-refractivity contribution in [3.63, 3.8) is 0 Å². The van der Waals surface area contributed by atoms with Crippen molar-refractivity contribution in [1.82, 2.24) is 4.90 Å². The molecule has 25 heavy (non-hydrogen) atoms. The number of benzene rings is 2. The molecule has 4 nitrogen and oxygen atoms in total. The zero-order valence-corrected chi connectivity index (χ0v) is 15.6. The molecule has 6 heteroatoms. The summed E-state index contributed by atoms with van der Waals surface area (Å²) in [6, 6.07) is 13.7. The first kappa shape index (κ1) is 18.0. The van der Waals surface area contributed by atoms with E-state index in [0.29, 0.717) is 10.6 Å². The van der Waals surface area contributed by atoms with Crippen LogP contribution in [0, 0.1) is 0 Å². The summed E-state index contributed by atoms with van der Waals surface area (Å²) in [5, 5.41) is -0.0622. The van der Waals surface area contributed by atoms with Crippen LogP contribution in [0.5, 0.6) is 0 Å². The van der Waals surface area contributed by atoms with Gasteiger partial charge in [0.2, 0.25) is 0 Å². The van der Waals surface area contributed by atoms with Crippen LogP contribution in [-0.4, -0.2) is 37.6 Å². The summed E-state index contributed by atoms with van der Waals surface area (Å²) >= 11 is 5.80. The Morgan fingerprint density at radius 3 is 2.24 bits per heavy atom. The van der Waals surface area contributed by atoms with Crippen molar-refractivity contribution in [2.75, 3.05) is 13.1 Å². The first-order chi connectivity index (χ1) is 11.9. The number of halogens is 1. The van der Waals surface area contributed by atoms with E-state index in [1.165, 1.54) is 17.7 Å². The Morgan fingerprint density at radius 2 is 1.68 bits per heavy atom. The van der Waals surface area contributed by atoms with Crippen LogP contribution in [0.3, 0.4) is 0 Å². The number of carbonyl (C=O) groups is 1. The van der Waals surface area contributed by atoms with E-state index in [1.807, 2.05) is 24.3 Å². The maximum atomic E-state index is 12.6. The number of amides is 1. The van der Waals surface area contributed by atoms with E-state index in [1.54, 1.807) is 17.0 Å². The molecule has 0 N–H and O–H groups in total. The number of likely N-dealkylation sites (tertiary alicyclic amines) is 1. The second-order valence-electron chi connectivity index (χ2n) is 6.28. The molecule has 2 aromatic carbocycles. The van der Waals surface area contributed by atoms with Crippen molar-refractivity contribution < 1.29 is 13.2 Å². The van der Waals surface area contributed by atoms with Gasteiger partial charge in [-0.3, -0.25) is 4.79 Å². The molecular weight excluding hydrogens is 358 g/mol. The molecule has 3 rings (SSSR count). The lowest BCUT2D eigenvalue weighted by Gasteiger charge is -2.38. The van der Waals surface area contributed by atoms with Gasteiger partial charge in [-0.2, -0.15) is 0 Å². The van der Waals surface area contributed by atoms with Gasteiger partial charge in [-0.15, -0.1) is 0 Å². The molecule has 0 unspecified atom stereocenters. The summed E-state index contributed by atoms with van der Waals surface area (Å²) in [5.41, 5.74) is 1.80. The molecule has 0 radical (unpaired) electrons. The van der Waals surface area contributed by atoms with Crippen LogP contribution < -0.4 is 0 Å². The zero-order chi connectivity index (χ0) is 18.0. The molecule has 1 aliphatic heterocycles. The Labute approximate surface area is 153 Å². The third-order valence-corrected chi connectivity index (χ3v) is 6.81. The molecule has 0 atom stereocenters. The lowest BCUT2D eigenvalue weighted by atomic mass is 10.1. The average molecular weight is 378 g/mol. The van der Waals surface area contributed by atoms with Gasteiger partial charge >= 0.3 is 0 Å². The highest BCUT2D eigenvalue weighted by Gasteiger charge is 2.40. The van der Waals surface area contributed by atoms with Crippen molar-refractivity contribution in [1.29, 1.82) is 0 Å². The number of rotatable bonds is 5. The molecule has 1 saturated heterocycles. The maximum Gasteiger partial charge on any atom is 0.253 e. The quantitative estimate of drug-likeness (QED) is 0.800. The van der Waals surface area contributed by atoms with Crippen molar-refractivity contribution in [3.05, 3.63) is 64.7 Å². The van der Waals surface area contributed by atoms with Crippen molar-refractivity contribution in [2.24, 2.45) is 0 Å². The van der Waals surface area contributed by atoms with Gasteiger partial charge in [-0.1, -0.05) is 37.1 Å². The maximum absolute atomic E-state index is 12.6. The van der Waals surface area contributed by atoms with Crippen LogP contribution in [-0.2, 0) is 16.3 Å². The Morgan fingerprint density at radius 1 is 1.08 bits per heavy atom. The lowest BCUT2D eigenvalue weighted by Crippen LogP contribution is -2.56. The standard InChI is InChI=1S/C19H20ClNO3S/c1-2-3-14-4-6-15(7-5-14)19(22)21-12-18(13-21)25(23,24)17-10-8-16(20)9-11-17/h4-11,18H,2-3,12-13H2,1H3. The van der Waals surface area contributed by atoms with Gasteiger partial charge in [0.05, 0.1) is 4.90 Å². The average Bonchev–Trinajstić information content (AvgIpc) is 2.54. The van der Waals surface area contributed by atoms with Gasteiger partial charge < -0.3 is 4.90 Å². The molecule has 0 bridgehead atoms. The molecular formula is C19H20ClNO3S. The van der Waals surface area contributed by atoms with E-state index >= 15 is 0 Å². The Hall–Kier alpha value is -1.85. The monoisotopic (exact) mass is 377 g/mol. The Bertz CT molecular complexity index is 855. The highest BCUT2D eigenvalue weighted by Crippen LogP contribution is 2.26. The highest BCUT2D eigenvalue weighted by molar-refractivity contribution is 7.92. The lowest BCUT2D eigenvalue weighted by molar-refractivity contribution is 0.0659. The van der Waals surface area contributed by atoms with E-state index < -0.39 is 15.1 Å². The molecule has 1 aliphatic rings. The molecule has 2 aromatic rings. The minimum absolute atomic E-state index is 0.120. The highest BCUT2D eigenvalue weighted by atomic mass is 35.5. The third kappa shape index (κ3) is 3.72. The Kier molecular flexibility index (Phi) is 5.16. The van der Waals surface area contributed by atoms with Crippen LogP contribution in [0.25, 0.3) is 0 Å². The van der Waals surface area contributed by atoms with E-state index in [2.05, 4.69) is 6.92 Å². The minimum atomic E-state index is -3.43. The van der Waals surface area contributed by atoms with Crippen molar-refractivity contribution in [2.45, 2.75) is 29.9 Å². The van der Waals surface area contributed by atoms with Crippen LogP contribution in [0.4, 0.5) is 0 Å². The Balaban J connectivity index is 1.65. The predicted molar refractivity (Wildman–Crippen MR) is 98.8 cm³/mol. The third-order valence-electron chi connectivity index (χ3n) is 4.46. The summed E-state index contributed by atoms with van der Waals surface area (Å²) in [6.07, 6.45) is 2.04. The minimum Gasteiger partial charge on any atom is -0.336 e. The van der Waals surface area contributed by atoms with E-state index in [4.69, 9.17) is 11.6 Å². The van der Waals surface area contributed by atoms with Crippen LogP contribution in [0.15, 0.2) is 53.4 Å². The molecule has 0 aliphatic carbocycles. The molecule has 0 spiro atoms. The topological polar surface area (TPSA) is 54.5 Å². The number of hydrogen-bond acceptors (Lipinski definition) is 3. The summed E-state index contributed by atoms with van der Waals surface area (Å²) in [4.78, 5) is 14.3. The summed E-state index contributed by atoms with van der Waals surface area (Å²) in [6.45, 7) is 2.56. The summed E-state index contributed by atoms with van der Waals surface area (Å²) < 4.78 is 25.1. The number of nitrogens with zero attached hydrogens (tertiary/aromatic N) is 1. The van der Waals surface area contributed by atoms with E-state index in [0.717, 1.165) is 12.8 Å². The smallest absolute Gasteiger partial charge is 0.253 e. The van der Waals surface area contributed by atoms with Crippen LogP contribution >= 0.6 is 11.6 Å². The fourth-order valence-electron chi connectivity index (χ4n) is 2.90. The molecule has 0 aromatic heterocycles. The van der Waals surface area contributed by atoms with Gasteiger partial charge in [0.25, 0.3) is 5.91 Å². The van der Waals surface area contributed by atoms with Crippen molar-refractivity contribution >= 4 is 27.3 Å². The molecule has 1 fully saturated rings. The number of hydrogen-bond donors (Lipinski definition) is 0. The number of aryl methyl sites for hydroxylation is 1. The van der Waals surface area contributed by atoms with Crippen molar-refractivity contribution in [3.8, 4) is 0 Å². The van der Waals surface area contributed by atoms with E-state index in [-0.39, 0.29) is 23.9 Å². The van der Waals surface area contributed by atoms with E-state index in [9.17, 15) is 13.2 Å². The number of carbonyl (C=O) groups excluding carboxylic acids is 1. The first-order valence-corrected chi connectivity index (χ1v) is 10.2. The molecule has 0 saturated carbocycles. The van der Waals surface area contributed by atoms with Gasteiger partial charge in [0, 0.05) is 23.7 Å². The summed E-state index contributed by atoms with van der Waals surface area (Å²) in [7, 11) is -3.43.